The smallest absolute Gasteiger partial charge is 0.171 e. The molecule has 0 saturated heterocycles. The molecule has 1 saturated carbocycles. The maximum Gasteiger partial charge on any atom is 0.391 e. The van der Waals surface area contributed by atoms with Gasteiger partial charge in [-0.05, 0) is 18.8 Å². The summed E-state index contributed by atoms with van der Waals surface area (Å²) in [5.74, 6) is -0.649. The van der Waals surface area contributed by atoms with Gasteiger partial charge >= 0.3 is 6.18 Å². The van der Waals surface area contributed by atoms with Crippen molar-refractivity contribution in [2.24, 2.45) is 11.8 Å². The van der Waals surface area contributed by atoms with E-state index in [4.69, 9.17) is 0 Å². The Morgan fingerprint density at radius 2 is 1.80 bits per heavy atom. The predicted molar refractivity (Wildman–Crippen MR) is 32.6 cm³/mol. The minimum atomic E-state index is -3.92. The van der Waals surface area contributed by atoms with Crippen LogP contribution < -0.4 is 0 Å². The van der Waals surface area contributed by atoms with Crippen molar-refractivity contribution in [3.05, 3.63) is 0 Å². The van der Waals surface area contributed by atoms with Crippen LogP contribution in [0.1, 0.15) is 26.2 Å². The van der Waals surface area contributed by atoms with Crippen LogP contribution in [0.4, 0.5) is 13.2 Å². The number of hydrogen-bond acceptors (Lipinski definition) is 0. The summed E-state index contributed by atoms with van der Waals surface area (Å²) in [4.78, 5) is 0. The van der Waals surface area contributed by atoms with E-state index in [0.29, 0.717) is 18.8 Å². The first-order valence-corrected chi connectivity index (χ1v) is 3.60. The van der Waals surface area contributed by atoms with Crippen molar-refractivity contribution in [1.29, 1.82) is 0 Å². The molecule has 3 heteroatoms. The number of halogens is 3. The molecular weight excluding hydrogens is 141 g/mol. The van der Waals surface area contributed by atoms with Crippen molar-refractivity contribution in [1.82, 2.24) is 0 Å². The summed E-state index contributed by atoms with van der Waals surface area (Å²) in [6.45, 7) is 1.94. The Morgan fingerprint density at radius 1 is 1.30 bits per heavy atom. The molecule has 1 rings (SSSR count). The van der Waals surface area contributed by atoms with Gasteiger partial charge in [0, 0.05) is 0 Å². The van der Waals surface area contributed by atoms with Crippen molar-refractivity contribution < 1.29 is 13.2 Å². The zero-order chi connectivity index (χ0) is 7.78. The molecule has 0 unspecified atom stereocenters. The molecule has 0 nitrogen and oxygen atoms in total. The molecule has 0 radical (unpaired) electrons. The molecule has 1 aliphatic carbocycles. The highest BCUT2D eigenvalue weighted by atomic mass is 19.4. The minimum absolute atomic E-state index is 0.339. The highest BCUT2D eigenvalue weighted by Crippen LogP contribution is 2.45. The summed E-state index contributed by atoms with van der Waals surface area (Å²) in [7, 11) is 0. The fraction of sp³-hybridized carbons (Fsp3) is 1.00. The van der Waals surface area contributed by atoms with Crippen LogP contribution in [-0.4, -0.2) is 6.18 Å². The van der Waals surface area contributed by atoms with Crippen LogP contribution in [0.25, 0.3) is 0 Å². The third-order valence-electron chi connectivity index (χ3n) is 2.28. The summed E-state index contributed by atoms with van der Waals surface area (Å²) in [6.07, 6.45) is -2.31. The second-order valence-corrected chi connectivity index (χ2v) is 2.98. The van der Waals surface area contributed by atoms with Gasteiger partial charge in [0.1, 0.15) is 0 Å². The predicted octanol–water partition coefficient (Wildman–Crippen LogP) is 2.98. The standard InChI is InChI=1S/C7H11F3/c1-2-5-3-6(4-5)7(8,9)10/h5-6H,2-4H2,1H3/t5-,6+. The highest BCUT2D eigenvalue weighted by Gasteiger charge is 2.46. The summed E-state index contributed by atoms with van der Waals surface area (Å²) in [6, 6.07) is 0. The number of rotatable bonds is 1. The van der Waals surface area contributed by atoms with E-state index in [1.165, 1.54) is 0 Å². The minimum Gasteiger partial charge on any atom is -0.171 e. The third-order valence-corrected chi connectivity index (χ3v) is 2.28. The summed E-state index contributed by atoms with van der Waals surface area (Å²) in [5, 5.41) is 0. The van der Waals surface area contributed by atoms with E-state index in [-0.39, 0.29) is 0 Å². The second kappa shape index (κ2) is 2.44. The molecule has 0 aromatic rings. The van der Waals surface area contributed by atoms with E-state index in [1.807, 2.05) is 6.92 Å². The van der Waals surface area contributed by atoms with E-state index < -0.39 is 12.1 Å². The second-order valence-electron chi connectivity index (χ2n) is 2.98. The van der Waals surface area contributed by atoms with Crippen LogP contribution >= 0.6 is 0 Å². The first kappa shape index (κ1) is 7.89. The van der Waals surface area contributed by atoms with Gasteiger partial charge in [0.2, 0.25) is 0 Å². The molecule has 0 amide bonds. The fourth-order valence-corrected chi connectivity index (χ4v) is 1.34. The Morgan fingerprint density at radius 3 is 2.10 bits per heavy atom. The van der Waals surface area contributed by atoms with Crippen molar-refractivity contribution in [3.63, 3.8) is 0 Å². The third kappa shape index (κ3) is 1.44. The van der Waals surface area contributed by atoms with E-state index in [2.05, 4.69) is 0 Å². The van der Waals surface area contributed by atoms with Crippen LogP contribution in [0, 0.1) is 11.8 Å². The number of hydrogen-bond donors (Lipinski definition) is 0. The Kier molecular flexibility index (Phi) is 1.92. The topological polar surface area (TPSA) is 0 Å². The quantitative estimate of drug-likeness (QED) is 0.541. The van der Waals surface area contributed by atoms with Gasteiger partial charge in [0.15, 0.2) is 0 Å². The molecule has 0 heterocycles. The lowest BCUT2D eigenvalue weighted by atomic mass is 9.73. The van der Waals surface area contributed by atoms with Gasteiger partial charge < -0.3 is 0 Å². The lowest BCUT2D eigenvalue weighted by Crippen LogP contribution is -2.35. The van der Waals surface area contributed by atoms with E-state index in [1.54, 1.807) is 0 Å². The highest BCUT2D eigenvalue weighted by molar-refractivity contribution is 4.83. The molecule has 0 atom stereocenters. The van der Waals surface area contributed by atoms with Crippen LogP contribution in [-0.2, 0) is 0 Å². The van der Waals surface area contributed by atoms with Crippen molar-refractivity contribution in [2.45, 2.75) is 32.4 Å². The van der Waals surface area contributed by atoms with Gasteiger partial charge in [-0.15, -0.1) is 0 Å². The largest absolute Gasteiger partial charge is 0.391 e. The molecule has 0 aliphatic heterocycles. The SMILES string of the molecule is CC[C@H]1C[C@@H](C(F)(F)F)C1. The van der Waals surface area contributed by atoms with Crippen LogP contribution in [0.2, 0.25) is 0 Å². The Balaban J connectivity index is 2.26. The zero-order valence-electron chi connectivity index (χ0n) is 5.91. The molecule has 0 bridgehead atoms. The average molecular weight is 152 g/mol. The maximum absolute atomic E-state index is 11.8. The van der Waals surface area contributed by atoms with Gasteiger partial charge in [-0.3, -0.25) is 0 Å². The van der Waals surface area contributed by atoms with Gasteiger partial charge in [-0.2, -0.15) is 13.2 Å². The molecule has 0 aromatic carbocycles. The van der Waals surface area contributed by atoms with Crippen molar-refractivity contribution in [2.75, 3.05) is 0 Å². The van der Waals surface area contributed by atoms with Gasteiger partial charge in [0.25, 0.3) is 0 Å². The van der Waals surface area contributed by atoms with Crippen molar-refractivity contribution >= 4 is 0 Å². The summed E-state index contributed by atoms with van der Waals surface area (Å²) >= 11 is 0. The van der Waals surface area contributed by atoms with Crippen LogP contribution in [0.3, 0.4) is 0 Å². The molecule has 0 aromatic heterocycles. The summed E-state index contributed by atoms with van der Waals surface area (Å²) < 4.78 is 35.4. The molecule has 1 fully saturated rings. The molecule has 10 heavy (non-hydrogen) atoms. The average Bonchev–Trinajstić information content (AvgIpc) is 1.57. The lowest BCUT2D eigenvalue weighted by molar-refractivity contribution is -0.204. The maximum atomic E-state index is 11.8. The first-order chi connectivity index (χ1) is 4.54. The molecule has 1 aliphatic rings. The van der Waals surface area contributed by atoms with E-state index in [9.17, 15) is 13.2 Å². The lowest BCUT2D eigenvalue weighted by Gasteiger charge is -2.35. The van der Waals surface area contributed by atoms with Gasteiger partial charge in [0.05, 0.1) is 5.92 Å². The van der Waals surface area contributed by atoms with E-state index in [0.717, 1.165) is 6.42 Å². The van der Waals surface area contributed by atoms with Crippen LogP contribution in [0.15, 0.2) is 0 Å². The van der Waals surface area contributed by atoms with Gasteiger partial charge in [-0.25, -0.2) is 0 Å². The first-order valence-electron chi connectivity index (χ1n) is 3.60. The van der Waals surface area contributed by atoms with Crippen LogP contribution in [0.5, 0.6) is 0 Å². The van der Waals surface area contributed by atoms with Crippen molar-refractivity contribution in [3.8, 4) is 0 Å². The molecule has 60 valence electrons. The van der Waals surface area contributed by atoms with E-state index >= 15 is 0 Å². The van der Waals surface area contributed by atoms with Gasteiger partial charge in [-0.1, -0.05) is 13.3 Å². The summed E-state index contributed by atoms with van der Waals surface area (Å²) in [5.41, 5.74) is 0. The molecular formula is C7H11F3. The molecule has 0 N–H and O–H groups in total. The fourth-order valence-electron chi connectivity index (χ4n) is 1.34. The monoisotopic (exact) mass is 152 g/mol. The molecule has 0 spiro atoms. The number of alkyl halides is 3. The zero-order valence-corrected chi connectivity index (χ0v) is 5.91. The normalized spacial score (nSPS) is 33.6. The Bertz CT molecular complexity index is 111. The Labute approximate surface area is 58.4 Å². The Hall–Kier alpha value is -0.210.